The number of hydrogen-bond donors (Lipinski definition) is 2. The number of hydrogen-bond acceptors (Lipinski definition) is 3. The minimum absolute atomic E-state index is 0.114. The molecule has 124 valence electrons. The summed E-state index contributed by atoms with van der Waals surface area (Å²) in [4.78, 5) is 24.5. The molecular formula is C18H17BrN2O3. The van der Waals surface area contributed by atoms with E-state index in [4.69, 9.17) is 4.74 Å². The maximum Gasteiger partial charge on any atom is 0.255 e. The lowest BCUT2D eigenvalue weighted by Crippen LogP contribution is -2.33. The molecule has 0 radical (unpaired) electrons. The first-order valence-electron chi connectivity index (χ1n) is 7.50. The summed E-state index contributed by atoms with van der Waals surface area (Å²) >= 11 is 3.35. The Kier molecular flexibility index (Phi) is 4.32. The molecule has 0 aliphatic carbocycles. The molecule has 2 N–H and O–H groups in total. The minimum Gasteiger partial charge on any atom is -0.490 e. The number of amides is 2. The molecule has 2 amide bonds. The van der Waals surface area contributed by atoms with Crippen molar-refractivity contribution in [3.8, 4) is 5.75 Å². The molecule has 1 aliphatic rings. The second kappa shape index (κ2) is 6.28. The van der Waals surface area contributed by atoms with E-state index in [2.05, 4.69) is 26.6 Å². The quantitative estimate of drug-likeness (QED) is 0.814. The van der Waals surface area contributed by atoms with Crippen molar-refractivity contribution in [3.63, 3.8) is 0 Å². The third-order valence-electron chi connectivity index (χ3n) is 3.78. The molecule has 0 spiro atoms. The standard InChI is InChI=1S/C18H17BrN2O3/c1-18(2)10-24-15-7-6-13(9-14(15)21-17(18)23)20-16(22)11-4-3-5-12(19)8-11/h3-9H,10H2,1-2H3,(H,20,22)(H,21,23). The molecule has 24 heavy (non-hydrogen) atoms. The molecule has 0 saturated carbocycles. The van der Waals surface area contributed by atoms with Crippen LogP contribution in [0.4, 0.5) is 11.4 Å². The van der Waals surface area contributed by atoms with E-state index in [1.165, 1.54) is 0 Å². The lowest BCUT2D eigenvalue weighted by molar-refractivity contribution is -0.124. The second-order valence-electron chi connectivity index (χ2n) is 6.30. The maximum absolute atomic E-state index is 12.3. The van der Waals surface area contributed by atoms with Gasteiger partial charge in [0.15, 0.2) is 0 Å². The van der Waals surface area contributed by atoms with Gasteiger partial charge < -0.3 is 15.4 Å². The van der Waals surface area contributed by atoms with Gasteiger partial charge in [0, 0.05) is 15.7 Å². The number of carbonyl (C=O) groups excluding carboxylic acids is 2. The Hall–Kier alpha value is -2.34. The van der Waals surface area contributed by atoms with Gasteiger partial charge in [-0.3, -0.25) is 9.59 Å². The Morgan fingerprint density at radius 3 is 2.79 bits per heavy atom. The van der Waals surface area contributed by atoms with E-state index in [9.17, 15) is 9.59 Å². The van der Waals surface area contributed by atoms with Gasteiger partial charge in [0.05, 0.1) is 11.1 Å². The van der Waals surface area contributed by atoms with Gasteiger partial charge in [0.1, 0.15) is 12.4 Å². The Morgan fingerprint density at radius 2 is 2.04 bits per heavy atom. The van der Waals surface area contributed by atoms with E-state index in [-0.39, 0.29) is 11.8 Å². The van der Waals surface area contributed by atoms with E-state index in [1.54, 1.807) is 36.4 Å². The van der Waals surface area contributed by atoms with Gasteiger partial charge in [-0.15, -0.1) is 0 Å². The lowest BCUT2D eigenvalue weighted by atomic mass is 9.94. The highest BCUT2D eigenvalue weighted by atomic mass is 79.9. The summed E-state index contributed by atoms with van der Waals surface area (Å²) in [6, 6.07) is 12.3. The van der Waals surface area contributed by atoms with Gasteiger partial charge in [0.2, 0.25) is 5.91 Å². The summed E-state index contributed by atoms with van der Waals surface area (Å²) in [5.41, 5.74) is 1.07. The first kappa shape index (κ1) is 16.5. The Labute approximate surface area is 148 Å². The van der Waals surface area contributed by atoms with Gasteiger partial charge >= 0.3 is 0 Å². The van der Waals surface area contributed by atoms with Crippen LogP contribution in [-0.4, -0.2) is 18.4 Å². The molecule has 6 heteroatoms. The summed E-state index contributed by atoms with van der Waals surface area (Å²) in [6.07, 6.45) is 0. The van der Waals surface area contributed by atoms with Crippen LogP contribution in [0.15, 0.2) is 46.9 Å². The molecule has 5 nitrogen and oxygen atoms in total. The van der Waals surface area contributed by atoms with E-state index in [0.717, 1.165) is 4.47 Å². The Bertz CT molecular complexity index is 818. The topological polar surface area (TPSA) is 67.4 Å². The maximum atomic E-state index is 12.3. The van der Waals surface area contributed by atoms with Crippen LogP contribution in [0, 0.1) is 5.41 Å². The SMILES string of the molecule is CC1(C)COc2ccc(NC(=O)c3cccc(Br)c3)cc2NC1=O. The molecule has 2 aromatic rings. The zero-order chi connectivity index (χ0) is 17.3. The number of fused-ring (bicyclic) bond motifs is 1. The molecule has 0 atom stereocenters. The van der Waals surface area contributed by atoms with Crippen molar-refractivity contribution < 1.29 is 14.3 Å². The third kappa shape index (κ3) is 3.43. The van der Waals surface area contributed by atoms with E-state index in [1.807, 2.05) is 19.9 Å². The highest BCUT2D eigenvalue weighted by molar-refractivity contribution is 9.10. The van der Waals surface area contributed by atoms with Gasteiger partial charge in [-0.2, -0.15) is 0 Å². The number of ether oxygens (including phenoxy) is 1. The Morgan fingerprint density at radius 1 is 1.25 bits per heavy atom. The van der Waals surface area contributed by atoms with Crippen molar-refractivity contribution in [2.24, 2.45) is 5.41 Å². The number of carbonyl (C=O) groups is 2. The van der Waals surface area contributed by atoms with Crippen molar-refractivity contribution in [1.29, 1.82) is 0 Å². The summed E-state index contributed by atoms with van der Waals surface area (Å²) in [6.45, 7) is 3.95. The third-order valence-corrected chi connectivity index (χ3v) is 4.27. The summed E-state index contributed by atoms with van der Waals surface area (Å²) in [5, 5.41) is 5.68. The monoisotopic (exact) mass is 388 g/mol. The molecule has 1 heterocycles. The highest BCUT2D eigenvalue weighted by Gasteiger charge is 2.32. The average Bonchev–Trinajstić information content (AvgIpc) is 2.64. The summed E-state index contributed by atoms with van der Waals surface area (Å²) in [5.74, 6) is 0.253. The fraction of sp³-hybridized carbons (Fsp3) is 0.222. The van der Waals surface area contributed by atoms with Gasteiger partial charge in [-0.1, -0.05) is 22.0 Å². The van der Waals surface area contributed by atoms with Gasteiger partial charge in [-0.05, 0) is 50.2 Å². The zero-order valence-corrected chi connectivity index (χ0v) is 14.9. The molecule has 1 aliphatic heterocycles. The van der Waals surface area contributed by atoms with E-state index in [0.29, 0.717) is 29.3 Å². The first-order chi connectivity index (χ1) is 11.3. The van der Waals surface area contributed by atoms with Crippen molar-refractivity contribution >= 4 is 39.1 Å². The van der Waals surface area contributed by atoms with Crippen LogP contribution in [-0.2, 0) is 4.79 Å². The van der Waals surface area contributed by atoms with Gasteiger partial charge in [0.25, 0.3) is 5.91 Å². The molecule has 0 unspecified atom stereocenters. The molecule has 0 bridgehead atoms. The van der Waals surface area contributed by atoms with Crippen LogP contribution in [0.3, 0.4) is 0 Å². The molecular weight excluding hydrogens is 372 g/mol. The summed E-state index contributed by atoms with van der Waals surface area (Å²) in [7, 11) is 0. The second-order valence-corrected chi connectivity index (χ2v) is 7.22. The van der Waals surface area contributed by atoms with Crippen LogP contribution in [0.5, 0.6) is 5.75 Å². The van der Waals surface area contributed by atoms with Crippen LogP contribution < -0.4 is 15.4 Å². The van der Waals surface area contributed by atoms with Crippen LogP contribution in [0.25, 0.3) is 0 Å². The zero-order valence-electron chi connectivity index (χ0n) is 13.4. The summed E-state index contributed by atoms with van der Waals surface area (Å²) < 4.78 is 6.53. The van der Waals surface area contributed by atoms with Crippen molar-refractivity contribution in [2.45, 2.75) is 13.8 Å². The molecule has 0 aromatic heterocycles. The number of halogens is 1. The smallest absolute Gasteiger partial charge is 0.255 e. The number of benzene rings is 2. The van der Waals surface area contributed by atoms with Crippen molar-refractivity contribution in [2.75, 3.05) is 17.2 Å². The predicted molar refractivity (Wildman–Crippen MR) is 96.4 cm³/mol. The normalized spacial score (nSPS) is 15.5. The number of anilines is 2. The molecule has 2 aromatic carbocycles. The van der Waals surface area contributed by atoms with Gasteiger partial charge in [-0.25, -0.2) is 0 Å². The fourth-order valence-corrected chi connectivity index (χ4v) is 2.68. The highest BCUT2D eigenvalue weighted by Crippen LogP contribution is 2.34. The number of rotatable bonds is 2. The van der Waals surface area contributed by atoms with Crippen molar-refractivity contribution in [3.05, 3.63) is 52.5 Å². The van der Waals surface area contributed by atoms with Crippen LogP contribution in [0.2, 0.25) is 0 Å². The minimum atomic E-state index is -0.612. The Balaban J connectivity index is 1.82. The lowest BCUT2D eigenvalue weighted by Gasteiger charge is -2.18. The largest absolute Gasteiger partial charge is 0.490 e. The van der Waals surface area contributed by atoms with Crippen molar-refractivity contribution in [1.82, 2.24) is 0 Å². The fourth-order valence-electron chi connectivity index (χ4n) is 2.28. The van der Waals surface area contributed by atoms with E-state index < -0.39 is 5.41 Å². The number of nitrogens with one attached hydrogen (secondary N) is 2. The molecule has 0 fully saturated rings. The molecule has 0 saturated heterocycles. The van der Waals surface area contributed by atoms with Crippen LogP contribution in [0.1, 0.15) is 24.2 Å². The first-order valence-corrected chi connectivity index (χ1v) is 8.30. The van der Waals surface area contributed by atoms with E-state index >= 15 is 0 Å². The average molecular weight is 389 g/mol. The predicted octanol–water partition coefficient (Wildman–Crippen LogP) is 4.06. The van der Waals surface area contributed by atoms with Crippen LogP contribution >= 0.6 is 15.9 Å². The molecule has 3 rings (SSSR count).